The highest BCUT2D eigenvalue weighted by atomic mass is 16.6. The standard InChI is InChI=1S/C20H28N2O3/c1-13(2)15-11-22(19(23)25-20(3,4)5)16-9-10-17(21-18(15)16)24-12-14-7-6-8-14/h9-11,13-14H,6-8,12H2,1-5H3. The van der Waals surface area contributed by atoms with Crippen LogP contribution in [0.25, 0.3) is 11.0 Å². The predicted molar refractivity (Wildman–Crippen MR) is 98.3 cm³/mol. The zero-order valence-corrected chi connectivity index (χ0v) is 15.8. The molecule has 0 N–H and O–H groups in total. The highest BCUT2D eigenvalue weighted by Gasteiger charge is 2.23. The van der Waals surface area contributed by atoms with Crippen LogP contribution >= 0.6 is 0 Å². The van der Waals surface area contributed by atoms with Crippen molar-refractivity contribution >= 4 is 17.1 Å². The van der Waals surface area contributed by atoms with Crippen molar-refractivity contribution in [2.75, 3.05) is 6.61 Å². The Labute approximate surface area is 149 Å². The summed E-state index contributed by atoms with van der Waals surface area (Å²) in [5, 5.41) is 0. The molecule has 0 spiro atoms. The summed E-state index contributed by atoms with van der Waals surface area (Å²) in [5.74, 6) is 1.54. The molecule has 3 rings (SSSR count). The van der Waals surface area contributed by atoms with Crippen LogP contribution in [0.2, 0.25) is 0 Å². The lowest BCUT2D eigenvalue weighted by Gasteiger charge is -2.24. The van der Waals surface area contributed by atoms with Crippen molar-refractivity contribution < 1.29 is 14.3 Å². The largest absolute Gasteiger partial charge is 0.477 e. The molecule has 0 atom stereocenters. The zero-order chi connectivity index (χ0) is 18.2. The number of pyridine rings is 1. The first kappa shape index (κ1) is 17.8. The molecule has 0 saturated heterocycles. The lowest BCUT2D eigenvalue weighted by Crippen LogP contribution is -2.26. The lowest BCUT2D eigenvalue weighted by atomic mass is 9.86. The topological polar surface area (TPSA) is 53.4 Å². The van der Waals surface area contributed by atoms with E-state index in [0.717, 1.165) is 23.2 Å². The molecule has 1 aliphatic carbocycles. The second kappa shape index (κ2) is 6.70. The maximum Gasteiger partial charge on any atom is 0.419 e. The second-order valence-corrected chi connectivity index (χ2v) is 8.21. The van der Waals surface area contributed by atoms with Gasteiger partial charge in [-0.05, 0) is 57.1 Å². The van der Waals surface area contributed by atoms with Crippen LogP contribution in [0.5, 0.6) is 5.88 Å². The summed E-state index contributed by atoms with van der Waals surface area (Å²) in [6, 6.07) is 3.74. The highest BCUT2D eigenvalue weighted by molar-refractivity contribution is 5.90. The molecule has 0 unspecified atom stereocenters. The Kier molecular flexibility index (Phi) is 4.76. The molecule has 0 bridgehead atoms. The zero-order valence-electron chi connectivity index (χ0n) is 15.8. The average Bonchev–Trinajstić information content (AvgIpc) is 2.83. The summed E-state index contributed by atoms with van der Waals surface area (Å²) in [7, 11) is 0. The van der Waals surface area contributed by atoms with E-state index in [1.807, 2.05) is 39.1 Å². The molecule has 0 radical (unpaired) electrons. The smallest absolute Gasteiger partial charge is 0.419 e. The molecular formula is C20H28N2O3. The Balaban J connectivity index is 1.92. The van der Waals surface area contributed by atoms with Gasteiger partial charge >= 0.3 is 6.09 Å². The maximum absolute atomic E-state index is 12.5. The van der Waals surface area contributed by atoms with Crippen LogP contribution in [-0.2, 0) is 4.74 Å². The molecule has 0 aliphatic heterocycles. The van der Waals surface area contributed by atoms with Crippen molar-refractivity contribution in [3.8, 4) is 5.88 Å². The first-order chi connectivity index (χ1) is 11.7. The molecule has 1 aliphatic rings. The van der Waals surface area contributed by atoms with Gasteiger partial charge in [0.1, 0.15) is 5.60 Å². The molecule has 0 aromatic carbocycles. The SMILES string of the molecule is CC(C)c1cn(C(=O)OC(C)(C)C)c2ccc(OCC3CCC3)nc12. The van der Waals surface area contributed by atoms with E-state index in [9.17, 15) is 4.79 Å². The van der Waals surface area contributed by atoms with Gasteiger partial charge in [0, 0.05) is 12.3 Å². The Bertz CT molecular complexity index is 767. The summed E-state index contributed by atoms with van der Waals surface area (Å²) in [5.41, 5.74) is 2.06. The van der Waals surface area contributed by atoms with E-state index < -0.39 is 5.60 Å². The molecule has 136 valence electrons. The third-order valence-corrected chi connectivity index (χ3v) is 4.55. The van der Waals surface area contributed by atoms with Crippen LogP contribution in [-0.4, -0.2) is 27.9 Å². The van der Waals surface area contributed by atoms with Crippen molar-refractivity contribution in [2.24, 2.45) is 5.92 Å². The molecule has 2 aromatic rings. The Hall–Kier alpha value is -2.04. The molecule has 2 aromatic heterocycles. The summed E-state index contributed by atoms with van der Waals surface area (Å²) < 4.78 is 12.9. The van der Waals surface area contributed by atoms with Gasteiger partial charge in [-0.15, -0.1) is 0 Å². The van der Waals surface area contributed by atoms with Gasteiger partial charge in [-0.2, -0.15) is 0 Å². The summed E-state index contributed by atoms with van der Waals surface area (Å²) in [4.78, 5) is 17.2. The molecule has 1 saturated carbocycles. The van der Waals surface area contributed by atoms with Gasteiger partial charge in [0.2, 0.25) is 5.88 Å². The number of hydrogen-bond donors (Lipinski definition) is 0. The van der Waals surface area contributed by atoms with Gasteiger partial charge in [-0.1, -0.05) is 20.3 Å². The van der Waals surface area contributed by atoms with Crippen LogP contribution in [0.15, 0.2) is 18.3 Å². The Morgan fingerprint density at radius 3 is 2.60 bits per heavy atom. The number of ether oxygens (including phenoxy) is 2. The summed E-state index contributed by atoms with van der Waals surface area (Å²) in [6.07, 6.45) is 5.25. The Morgan fingerprint density at radius 2 is 2.04 bits per heavy atom. The van der Waals surface area contributed by atoms with Gasteiger partial charge < -0.3 is 9.47 Å². The predicted octanol–water partition coefficient (Wildman–Crippen LogP) is 5.12. The van der Waals surface area contributed by atoms with Crippen molar-refractivity contribution in [3.05, 3.63) is 23.9 Å². The van der Waals surface area contributed by atoms with Crippen LogP contribution in [0, 0.1) is 5.92 Å². The fourth-order valence-corrected chi connectivity index (χ4v) is 2.94. The molecule has 5 nitrogen and oxygen atoms in total. The number of carbonyl (C=O) groups is 1. The van der Waals surface area contributed by atoms with Gasteiger partial charge in [0.15, 0.2) is 0 Å². The number of carbonyl (C=O) groups excluding carboxylic acids is 1. The van der Waals surface area contributed by atoms with Crippen molar-refractivity contribution in [1.82, 2.24) is 9.55 Å². The first-order valence-corrected chi connectivity index (χ1v) is 9.13. The fourth-order valence-electron chi connectivity index (χ4n) is 2.94. The number of rotatable bonds is 4. The highest BCUT2D eigenvalue weighted by Crippen LogP contribution is 2.30. The Morgan fingerprint density at radius 1 is 1.32 bits per heavy atom. The number of nitrogens with zero attached hydrogens (tertiary/aromatic N) is 2. The van der Waals surface area contributed by atoms with Gasteiger partial charge in [-0.3, -0.25) is 4.57 Å². The summed E-state index contributed by atoms with van der Waals surface area (Å²) >= 11 is 0. The van der Waals surface area contributed by atoms with E-state index in [1.165, 1.54) is 19.3 Å². The number of hydrogen-bond acceptors (Lipinski definition) is 4. The quantitative estimate of drug-likeness (QED) is 0.772. The number of fused-ring (bicyclic) bond motifs is 1. The van der Waals surface area contributed by atoms with Gasteiger partial charge in [0.25, 0.3) is 0 Å². The summed E-state index contributed by atoms with van der Waals surface area (Å²) in [6.45, 7) is 10.5. The maximum atomic E-state index is 12.5. The van der Waals surface area contributed by atoms with E-state index in [0.29, 0.717) is 11.8 Å². The lowest BCUT2D eigenvalue weighted by molar-refractivity contribution is 0.0544. The average molecular weight is 344 g/mol. The number of aromatic nitrogens is 2. The van der Waals surface area contributed by atoms with E-state index in [-0.39, 0.29) is 12.0 Å². The van der Waals surface area contributed by atoms with E-state index in [1.54, 1.807) is 4.57 Å². The first-order valence-electron chi connectivity index (χ1n) is 9.13. The minimum absolute atomic E-state index is 0.251. The van der Waals surface area contributed by atoms with E-state index in [2.05, 4.69) is 18.8 Å². The van der Waals surface area contributed by atoms with E-state index >= 15 is 0 Å². The van der Waals surface area contributed by atoms with Crippen molar-refractivity contribution in [2.45, 2.75) is 65.4 Å². The third-order valence-electron chi connectivity index (χ3n) is 4.55. The molecule has 0 amide bonds. The van der Waals surface area contributed by atoms with Crippen molar-refractivity contribution in [1.29, 1.82) is 0 Å². The minimum atomic E-state index is -0.537. The second-order valence-electron chi connectivity index (χ2n) is 8.21. The van der Waals surface area contributed by atoms with Crippen molar-refractivity contribution in [3.63, 3.8) is 0 Å². The van der Waals surface area contributed by atoms with Gasteiger partial charge in [0.05, 0.1) is 17.6 Å². The third kappa shape index (κ3) is 3.97. The molecule has 1 fully saturated rings. The van der Waals surface area contributed by atoms with Crippen LogP contribution < -0.4 is 4.74 Å². The molecule has 5 heteroatoms. The van der Waals surface area contributed by atoms with Crippen LogP contribution in [0.1, 0.15) is 65.4 Å². The molecular weight excluding hydrogens is 316 g/mol. The molecule has 25 heavy (non-hydrogen) atoms. The van der Waals surface area contributed by atoms with Crippen LogP contribution in [0.3, 0.4) is 0 Å². The molecule has 2 heterocycles. The fraction of sp³-hybridized carbons (Fsp3) is 0.600. The normalized spacial score (nSPS) is 15.4. The minimum Gasteiger partial charge on any atom is -0.477 e. The monoisotopic (exact) mass is 344 g/mol. The van der Waals surface area contributed by atoms with Crippen LogP contribution in [0.4, 0.5) is 4.79 Å². The van der Waals surface area contributed by atoms with E-state index in [4.69, 9.17) is 9.47 Å². The van der Waals surface area contributed by atoms with Gasteiger partial charge in [-0.25, -0.2) is 9.78 Å².